The van der Waals surface area contributed by atoms with Gasteiger partial charge in [0.25, 0.3) is 0 Å². The van der Waals surface area contributed by atoms with Gasteiger partial charge in [-0.3, -0.25) is 0 Å². The van der Waals surface area contributed by atoms with Crippen LogP contribution < -0.4 is 10.6 Å². The van der Waals surface area contributed by atoms with Gasteiger partial charge in [-0.2, -0.15) is 0 Å². The quantitative estimate of drug-likeness (QED) is 0.804. The molecule has 0 amide bonds. The molecule has 0 unspecified atom stereocenters. The number of benzene rings is 1. The van der Waals surface area contributed by atoms with Crippen LogP contribution in [0.3, 0.4) is 0 Å². The molecule has 0 aliphatic heterocycles. The Labute approximate surface area is 84.3 Å². The molecule has 1 rings (SSSR count). The molecule has 13 heavy (non-hydrogen) atoms. The molecule has 0 aromatic heterocycles. The van der Waals surface area contributed by atoms with Gasteiger partial charge in [-0.25, -0.2) is 0 Å². The second-order valence-corrected chi connectivity index (χ2v) is 3.64. The van der Waals surface area contributed by atoms with Crippen molar-refractivity contribution in [2.45, 2.75) is 6.42 Å². The van der Waals surface area contributed by atoms with Crippen molar-refractivity contribution in [2.24, 2.45) is 5.73 Å². The second kappa shape index (κ2) is 4.49. The average Bonchev–Trinajstić information content (AvgIpc) is 2.08. The molecule has 72 valence electrons. The van der Waals surface area contributed by atoms with Crippen molar-refractivity contribution in [3.05, 3.63) is 28.8 Å². The molecule has 0 fully saturated rings. The third-order valence-corrected chi connectivity index (χ3v) is 2.18. The van der Waals surface area contributed by atoms with Crippen molar-refractivity contribution in [3.63, 3.8) is 0 Å². The van der Waals surface area contributed by atoms with Gasteiger partial charge in [0.05, 0.1) is 0 Å². The van der Waals surface area contributed by atoms with E-state index in [9.17, 15) is 0 Å². The molecule has 2 N–H and O–H groups in total. The summed E-state index contributed by atoms with van der Waals surface area (Å²) in [6.07, 6.45) is 0.894. The zero-order valence-electron chi connectivity index (χ0n) is 8.05. The summed E-state index contributed by atoms with van der Waals surface area (Å²) < 4.78 is 0. The molecule has 0 radical (unpaired) electrons. The van der Waals surface area contributed by atoms with E-state index in [1.165, 1.54) is 5.56 Å². The summed E-state index contributed by atoms with van der Waals surface area (Å²) in [4.78, 5) is 2.05. The molecule has 0 aliphatic rings. The van der Waals surface area contributed by atoms with Gasteiger partial charge in [-0.1, -0.05) is 17.7 Å². The third kappa shape index (κ3) is 2.61. The molecule has 1 aromatic carbocycles. The van der Waals surface area contributed by atoms with E-state index in [0.29, 0.717) is 6.54 Å². The molecule has 0 aliphatic carbocycles. The average molecular weight is 199 g/mol. The number of hydrogen-bond donors (Lipinski definition) is 1. The number of nitrogens with zero attached hydrogens (tertiary/aromatic N) is 1. The highest BCUT2D eigenvalue weighted by atomic mass is 35.5. The number of rotatable bonds is 3. The van der Waals surface area contributed by atoms with Crippen molar-refractivity contribution in [3.8, 4) is 0 Å². The third-order valence-electron chi connectivity index (χ3n) is 1.94. The molecule has 3 heteroatoms. The molecular formula is C10H15ClN2. The lowest BCUT2D eigenvalue weighted by molar-refractivity contribution is 0.955. The van der Waals surface area contributed by atoms with Gasteiger partial charge in [0, 0.05) is 24.8 Å². The van der Waals surface area contributed by atoms with Crippen LogP contribution in [0.4, 0.5) is 5.69 Å². The first-order valence-electron chi connectivity index (χ1n) is 4.31. The standard InChI is InChI=1S/C10H15ClN2/c1-13(2)10-7-9(11)4-3-8(10)5-6-12/h3-4,7H,5-6,12H2,1-2H3. The predicted octanol–water partition coefficient (Wildman–Crippen LogP) is 1.91. The summed E-state index contributed by atoms with van der Waals surface area (Å²) in [5, 5.41) is 0.768. The van der Waals surface area contributed by atoms with E-state index in [1.807, 2.05) is 32.3 Å². The lowest BCUT2D eigenvalue weighted by atomic mass is 10.1. The second-order valence-electron chi connectivity index (χ2n) is 3.21. The van der Waals surface area contributed by atoms with Crippen LogP contribution in [0.2, 0.25) is 5.02 Å². The van der Waals surface area contributed by atoms with Crippen LogP contribution >= 0.6 is 11.6 Å². The minimum Gasteiger partial charge on any atom is -0.377 e. The highest BCUT2D eigenvalue weighted by molar-refractivity contribution is 6.30. The fourth-order valence-electron chi connectivity index (χ4n) is 1.32. The first-order chi connectivity index (χ1) is 6.15. The smallest absolute Gasteiger partial charge is 0.0426 e. The summed E-state index contributed by atoms with van der Waals surface area (Å²) in [6, 6.07) is 5.90. The summed E-state index contributed by atoms with van der Waals surface area (Å²) >= 11 is 5.90. The number of halogens is 1. The van der Waals surface area contributed by atoms with E-state index in [4.69, 9.17) is 17.3 Å². The van der Waals surface area contributed by atoms with E-state index < -0.39 is 0 Å². The van der Waals surface area contributed by atoms with Gasteiger partial charge in [0.2, 0.25) is 0 Å². The Morgan fingerprint density at radius 2 is 2.08 bits per heavy atom. The van der Waals surface area contributed by atoms with Crippen LogP contribution in [0.25, 0.3) is 0 Å². The normalized spacial score (nSPS) is 10.2. The number of hydrogen-bond acceptors (Lipinski definition) is 2. The lowest BCUT2D eigenvalue weighted by Gasteiger charge is -2.17. The Hall–Kier alpha value is -0.730. The molecule has 0 heterocycles. The van der Waals surface area contributed by atoms with Crippen LogP contribution in [0.15, 0.2) is 18.2 Å². The van der Waals surface area contributed by atoms with Crippen LogP contribution in [0.5, 0.6) is 0 Å². The molecular weight excluding hydrogens is 184 g/mol. The van der Waals surface area contributed by atoms with Gasteiger partial charge >= 0.3 is 0 Å². The summed E-state index contributed by atoms with van der Waals surface area (Å²) in [7, 11) is 4.01. The monoisotopic (exact) mass is 198 g/mol. The number of anilines is 1. The van der Waals surface area contributed by atoms with Crippen molar-refractivity contribution in [1.82, 2.24) is 0 Å². The Morgan fingerprint density at radius 1 is 1.38 bits per heavy atom. The molecule has 0 saturated carbocycles. The SMILES string of the molecule is CN(C)c1cc(Cl)ccc1CCN. The maximum atomic E-state index is 5.90. The highest BCUT2D eigenvalue weighted by Crippen LogP contribution is 2.23. The van der Waals surface area contributed by atoms with E-state index in [1.54, 1.807) is 0 Å². The first kappa shape index (κ1) is 10.4. The van der Waals surface area contributed by atoms with Gasteiger partial charge in [-0.15, -0.1) is 0 Å². The first-order valence-corrected chi connectivity index (χ1v) is 4.68. The van der Waals surface area contributed by atoms with Gasteiger partial charge in [-0.05, 0) is 30.7 Å². The van der Waals surface area contributed by atoms with Crippen molar-refractivity contribution < 1.29 is 0 Å². The van der Waals surface area contributed by atoms with Crippen molar-refractivity contribution >= 4 is 17.3 Å². The Morgan fingerprint density at radius 3 is 2.62 bits per heavy atom. The maximum absolute atomic E-state index is 5.90. The van der Waals surface area contributed by atoms with Gasteiger partial charge < -0.3 is 10.6 Å². The van der Waals surface area contributed by atoms with E-state index in [0.717, 1.165) is 17.1 Å². The largest absolute Gasteiger partial charge is 0.377 e. The maximum Gasteiger partial charge on any atom is 0.0426 e. The fraction of sp³-hybridized carbons (Fsp3) is 0.400. The van der Waals surface area contributed by atoms with Crippen LogP contribution in [0.1, 0.15) is 5.56 Å². The van der Waals surface area contributed by atoms with E-state index in [2.05, 4.69) is 4.90 Å². The molecule has 2 nitrogen and oxygen atoms in total. The zero-order chi connectivity index (χ0) is 9.84. The van der Waals surface area contributed by atoms with E-state index in [-0.39, 0.29) is 0 Å². The summed E-state index contributed by atoms with van der Waals surface area (Å²) in [5.41, 5.74) is 7.91. The van der Waals surface area contributed by atoms with Crippen molar-refractivity contribution in [2.75, 3.05) is 25.5 Å². The minimum atomic E-state index is 0.669. The van der Waals surface area contributed by atoms with Crippen LogP contribution in [-0.2, 0) is 6.42 Å². The van der Waals surface area contributed by atoms with Gasteiger partial charge in [0.15, 0.2) is 0 Å². The zero-order valence-corrected chi connectivity index (χ0v) is 8.80. The molecule has 1 aromatic rings. The lowest BCUT2D eigenvalue weighted by Crippen LogP contribution is -2.13. The molecule has 0 bridgehead atoms. The predicted molar refractivity (Wildman–Crippen MR) is 58.5 cm³/mol. The van der Waals surface area contributed by atoms with E-state index >= 15 is 0 Å². The molecule has 0 spiro atoms. The Kier molecular flexibility index (Phi) is 3.58. The summed E-state index contributed by atoms with van der Waals surface area (Å²) in [5.74, 6) is 0. The van der Waals surface area contributed by atoms with Gasteiger partial charge in [0.1, 0.15) is 0 Å². The fourth-order valence-corrected chi connectivity index (χ4v) is 1.49. The Balaban J connectivity index is 3.03. The minimum absolute atomic E-state index is 0.669. The van der Waals surface area contributed by atoms with Crippen LogP contribution in [-0.4, -0.2) is 20.6 Å². The summed E-state index contributed by atoms with van der Waals surface area (Å²) in [6.45, 7) is 0.669. The highest BCUT2D eigenvalue weighted by Gasteiger charge is 2.03. The van der Waals surface area contributed by atoms with Crippen LogP contribution in [0, 0.1) is 0 Å². The number of nitrogens with two attached hydrogens (primary N) is 1. The molecule has 0 atom stereocenters. The topological polar surface area (TPSA) is 29.3 Å². The molecule has 0 saturated heterocycles. The van der Waals surface area contributed by atoms with Crippen molar-refractivity contribution in [1.29, 1.82) is 0 Å². The Bertz CT molecular complexity index is 284.